The molecule has 1 aromatic rings. The number of hydrogen-bond acceptors (Lipinski definition) is 1. The van der Waals surface area contributed by atoms with Crippen LogP contribution in [0.2, 0.25) is 0 Å². The van der Waals surface area contributed by atoms with Crippen molar-refractivity contribution in [2.75, 3.05) is 0 Å². The summed E-state index contributed by atoms with van der Waals surface area (Å²) in [5.41, 5.74) is 2.90. The van der Waals surface area contributed by atoms with Gasteiger partial charge >= 0.3 is 6.18 Å². The van der Waals surface area contributed by atoms with Crippen LogP contribution in [-0.4, -0.2) is 12.0 Å². The molecule has 0 aromatic heterocycles. The van der Waals surface area contributed by atoms with Crippen LogP contribution in [0, 0.1) is 25.7 Å². The van der Waals surface area contributed by atoms with Crippen LogP contribution in [0.25, 0.3) is 0 Å². The third-order valence-corrected chi connectivity index (χ3v) is 4.26. The summed E-state index contributed by atoms with van der Waals surface area (Å²) in [5.74, 6) is -2.58. The number of rotatable bonds is 3. The molecule has 2 unspecified atom stereocenters. The van der Waals surface area contributed by atoms with Crippen molar-refractivity contribution in [3.05, 3.63) is 34.9 Å². The molecular formula is C17H21F3O. The van der Waals surface area contributed by atoms with E-state index < -0.39 is 18.0 Å². The highest BCUT2D eigenvalue weighted by atomic mass is 19.4. The molecule has 1 aliphatic carbocycles. The van der Waals surface area contributed by atoms with Gasteiger partial charge in [-0.15, -0.1) is 0 Å². The summed E-state index contributed by atoms with van der Waals surface area (Å²) in [5, 5.41) is 0. The fourth-order valence-electron chi connectivity index (χ4n) is 3.41. The first kappa shape index (κ1) is 16.1. The minimum Gasteiger partial charge on any atom is -0.299 e. The predicted octanol–water partition coefficient (Wildman–Crippen LogP) is 4.78. The van der Waals surface area contributed by atoms with Crippen LogP contribution in [-0.2, 0) is 11.2 Å². The van der Waals surface area contributed by atoms with Gasteiger partial charge in [-0.25, -0.2) is 0 Å². The highest BCUT2D eigenvalue weighted by Crippen LogP contribution is 2.42. The van der Waals surface area contributed by atoms with Crippen molar-refractivity contribution in [1.29, 1.82) is 0 Å². The summed E-state index contributed by atoms with van der Waals surface area (Å²) in [7, 11) is 0. The summed E-state index contributed by atoms with van der Waals surface area (Å²) in [6.45, 7) is 3.86. The molecule has 2 atom stereocenters. The lowest BCUT2D eigenvalue weighted by Crippen LogP contribution is -2.37. The van der Waals surface area contributed by atoms with Crippen molar-refractivity contribution < 1.29 is 18.0 Å². The molecule has 1 nitrogen and oxygen atoms in total. The van der Waals surface area contributed by atoms with Crippen molar-refractivity contribution in [3.63, 3.8) is 0 Å². The zero-order valence-electron chi connectivity index (χ0n) is 12.5. The smallest absolute Gasteiger partial charge is 0.299 e. The summed E-state index contributed by atoms with van der Waals surface area (Å²) >= 11 is 0. The molecule has 0 radical (unpaired) electrons. The minimum absolute atomic E-state index is 0.0900. The second-order valence-corrected chi connectivity index (χ2v) is 6.18. The zero-order valence-corrected chi connectivity index (χ0v) is 12.5. The van der Waals surface area contributed by atoms with E-state index in [-0.39, 0.29) is 18.6 Å². The van der Waals surface area contributed by atoms with E-state index in [2.05, 4.69) is 0 Å². The maximum Gasteiger partial charge on any atom is 0.392 e. The van der Waals surface area contributed by atoms with E-state index in [0.717, 1.165) is 23.1 Å². The Morgan fingerprint density at radius 1 is 1.10 bits per heavy atom. The summed E-state index contributed by atoms with van der Waals surface area (Å²) in [6.07, 6.45) is -2.41. The van der Waals surface area contributed by atoms with Crippen molar-refractivity contribution in [1.82, 2.24) is 0 Å². The molecule has 0 heterocycles. The predicted molar refractivity (Wildman–Crippen MR) is 76.1 cm³/mol. The molecule has 0 spiro atoms. The third kappa shape index (κ3) is 4.08. The Morgan fingerprint density at radius 2 is 1.67 bits per heavy atom. The number of aryl methyl sites for hydroxylation is 2. The number of hydrogen-bond donors (Lipinski definition) is 0. The summed E-state index contributed by atoms with van der Waals surface area (Å²) in [6, 6.07) is 5.76. The molecule has 0 bridgehead atoms. The lowest BCUT2D eigenvalue weighted by atomic mass is 9.75. The number of Topliss-reactive ketones (excluding diaryl/α,β-unsaturated/α-hetero) is 1. The van der Waals surface area contributed by atoms with Crippen LogP contribution in [0.15, 0.2) is 18.2 Å². The standard InChI is InChI=1S/C17H21F3O/c1-11-7-12(2)9-13(8-11)10-16(21)14-5-3-4-6-15(14)17(18,19)20/h7-9,14-15H,3-6,10H2,1-2H3. The average molecular weight is 298 g/mol. The first-order valence-electron chi connectivity index (χ1n) is 7.44. The first-order chi connectivity index (χ1) is 9.77. The SMILES string of the molecule is Cc1cc(C)cc(CC(=O)C2CCCCC2C(F)(F)F)c1. The lowest BCUT2D eigenvalue weighted by Gasteiger charge is -2.32. The number of benzene rings is 1. The Labute approximate surface area is 123 Å². The van der Waals surface area contributed by atoms with Crippen molar-refractivity contribution in [2.45, 2.75) is 52.1 Å². The number of alkyl halides is 3. The third-order valence-electron chi connectivity index (χ3n) is 4.26. The maximum atomic E-state index is 13.1. The van der Waals surface area contributed by atoms with Gasteiger partial charge in [0.2, 0.25) is 0 Å². The van der Waals surface area contributed by atoms with E-state index in [0.29, 0.717) is 12.8 Å². The topological polar surface area (TPSA) is 17.1 Å². The van der Waals surface area contributed by atoms with Gasteiger partial charge in [-0.2, -0.15) is 13.2 Å². The fraction of sp³-hybridized carbons (Fsp3) is 0.588. The molecule has 0 aliphatic heterocycles. The van der Waals surface area contributed by atoms with Crippen LogP contribution in [0.3, 0.4) is 0 Å². The zero-order chi connectivity index (χ0) is 15.6. The van der Waals surface area contributed by atoms with Gasteiger partial charge in [0, 0.05) is 12.3 Å². The molecule has 21 heavy (non-hydrogen) atoms. The Balaban J connectivity index is 2.14. The monoisotopic (exact) mass is 298 g/mol. The lowest BCUT2D eigenvalue weighted by molar-refractivity contribution is -0.197. The van der Waals surface area contributed by atoms with E-state index in [1.165, 1.54) is 0 Å². The van der Waals surface area contributed by atoms with E-state index in [9.17, 15) is 18.0 Å². The molecular weight excluding hydrogens is 277 g/mol. The summed E-state index contributed by atoms with van der Waals surface area (Å²) < 4.78 is 39.2. The molecule has 0 N–H and O–H groups in total. The molecule has 2 rings (SSSR count). The van der Waals surface area contributed by atoms with Crippen LogP contribution < -0.4 is 0 Å². The quantitative estimate of drug-likeness (QED) is 0.784. The van der Waals surface area contributed by atoms with E-state index in [4.69, 9.17) is 0 Å². The number of carbonyl (C=O) groups is 1. The number of carbonyl (C=O) groups excluding carboxylic acids is 1. The molecule has 0 saturated heterocycles. The van der Waals surface area contributed by atoms with Crippen LogP contribution in [0.1, 0.15) is 42.4 Å². The molecule has 4 heteroatoms. The van der Waals surface area contributed by atoms with Crippen molar-refractivity contribution in [3.8, 4) is 0 Å². The van der Waals surface area contributed by atoms with E-state index in [1.54, 1.807) is 0 Å². The Bertz CT molecular complexity index is 499. The highest BCUT2D eigenvalue weighted by molar-refractivity contribution is 5.83. The van der Waals surface area contributed by atoms with Gasteiger partial charge in [-0.05, 0) is 32.3 Å². The average Bonchev–Trinajstić information content (AvgIpc) is 2.36. The van der Waals surface area contributed by atoms with Crippen LogP contribution in [0.5, 0.6) is 0 Å². The normalized spacial score (nSPS) is 23.1. The van der Waals surface area contributed by atoms with Gasteiger partial charge in [0.25, 0.3) is 0 Å². The van der Waals surface area contributed by atoms with Gasteiger partial charge in [0.15, 0.2) is 0 Å². The molecule has 1 fully saturated rings. The van der Waals surface area contributed by atoms with Crippen LogP contribution in [0.4, 0.5) is 13.2 Å². The molecule has 116 valence electrons. The first-order valence-corrected chi connectivity index (χ1v) is 7.44. The molecule has 0 amide bonds. The largest absolute Gasteiger partial charge is 0.392 e. The Morgan fingerprint density at radius 3 is 2.24 bits per heavy atom. The fourth-order valence-corrected chi connectivity index (χ4v) is 3.41. The number of halogens is 3. The minimum atomic E-state index is -4.26. The second kappa shape index (κ2) is 6.20. The van der Waals surface area contributed by atoms with Crippen LogP contribution >= 0.6 is 0 Å². The summed E-state index contributed by atoms with van der Waals surface area (Å²) in [4.78, 5) is 12.3. The van der Waals surface area contributed by atoms with Gasteiger partial charge in [-0.3, -0.25) is 4.79 Å². The molecule has 1 aromatic carbocycles. The van der Waals surface area contributed by atoms with E-state index >= 15 is 0 Å². The maximum absolute atomic E-state index is 13.1. The van der Waals surface area contributed by atoms with Crippen molar-refractivity contribution >= 4 is 5.78 Å². The van der Waals surface area contributed by atoms with Gasteiger partial charge in [0.1, 0.15) is 5.78 Å². The van der Waals surface area contributed by atoms with E-state index in [1.807, 2.05) is 32.0 Å². The molecule has 1 saturated carbocycles. The Hall–Kier alpha value is -1.32. The van der Waals surface area contributed by atoms with Crippen molar-refractivity contribution in [2.24, 2.45) is 11.8 Å². The number of ketones is 1. The molecule has 1 aliphatic rings. The highest BCUT2D eigenvalue weighted by Gasteiger charge is 2.47. The van der Waals surface area contributed by atoms with Gasteiger partial charge in [0.05, 0.1) is 5.92 Å². The van der Waals surface area contributed by atoms with Gasteiger partial charge in [-0.1, -0.05) is 42.2 Å². The Kier molecular flexibility index (Phi) is 4.74. The van der Waals surface area contributed by atoms with Gasteiger partial charge < -0.3 is 0 Å². The second-order valence-electron chi connectivity index (χ2n) is 6.18.